The van der Waals surface area contributed by atoms with Gasteiger partial charge in [0.1, 0.15) is 5.76 Å². The zero-order valence-electron chi connectivity index (χ0n) is 9.26. The smallest absolute Gasteiger partial charge is 0.185 e. The van der Waals surface area contributed by atoms with Gasteiger partial charge >= 0.3 is 0 Å². The molecular formula is C12H17NO3. The highest BCUT2D eigenvalue weighted by molar-refractivity contribution is 5.70. The number of rotatable bonds is 4. The van der Waals surface area contributed by atoms with E-state index in [1.807, 2.05) is 6.07 Å². The summed E-state index contributed by atoms with van der Waals surface area (Å²) < 4.78 is 5.33. The van der Waals surface area contributed by atoms with E-state index >= 15 is 0 Å². The van der Waals surface area contributed by atoms with Gasteiger partial charge in [0.05, 0.1) is 6.54 Å². The van der Waals surface area contributed by atoms with Crippen LogP contribution in [0.3, 0.4) is 0 Å². The van der Waals surface area contributed by atoms with Gasteiger partial charge in [-0.25, -0.2) is 0 Å². The molecule has 1 aliphatic rings. The fourth-order valence-corrected chi connectivity index (χ4v) is 2.09. The van der Waals surface area contributed by atoms with Gasteiger partial charge in [0.2, 0.25) is 0 Å². The van der Waals surface area contributed by atoms with Crippen LogP contribution in [0.1, 0.15) is 29.2 Å². The first-order valence-corrected chi connectivity index (χ1v) is 5.69. The minimum atomic E-state index is 0.296. The van der Waals surface area contributed by atoms with Crippen molar-refractivity contribution in [3.8, 4) is 0 Å². The largest absolute Gasteiger partial charge is 0.457 e. The second-order valence-corrected chi connectivity index (χ2v) is 4.32. The van der Waals surface area contributed by atoms with Crippen LogP contribution < -0.4 is 0 Å². The number of aldehydes is 1. The first-order chi connectivity index (χ1) is 7.81. The Kier molecular flexibility index (Phi) is 3.74. The molecule has 0 aliphatic carbocycles. The molecule has 1 saturated heterocycles. The summed E-state index contributed by atoms with van der Waals surface area (Å²) in [6, 6.07) is 3.55. The highest BCUT2D eigenvalue weighted by Gasteiger charge is 2.19. The van der Waals surface area contributed by atoms with E-state index in [0.717, 1.165) is 44.5 Å². The summed E-state index contributed by atoms with van der Waals surface area (Å²) in [5.74, 6) is 1.68. The van der Waals surface area contributed by atoms with Gasteiger partial charge in [-0.2, -0.15) is 0 Å². The highest BCUT2D eigenvalue weighted by atomic mass is 16.3. The van der Waals surface area contributed by atoms with Crippen LogP contribution in [-0.4, -0.2) is 36.0 Å². The Labute approximate surface area is 94.9 Å². The van der Waals surface area contributed by atoms with Crippen LogP contribution >= 0.6 is 0 Å². The van der Waals surface area contributed by atoms with Crippen LogP contribution in [-0.2, 0) is 6.54 Å². The highest BCUT2D eigenvalue weighted by Crippen LogP contribution is 2.18. The van der Waals surface area contributed by atoms with Crippen molar-refractivity contribution in [1.29, 1.82) is 0 Å². The number of furan rings is 1. The lowest BCUT2D eigenvalue weighted by molar-refractivity contribution is 0.108. The standard InChI is InChI=1S/C12H17NO3/c14-8-10-3-5-13(6-4-10)7-11-1-2-12(9-15)16-11/h1-2,9-10,14H,3-8H2. The number of likely N-dealkylation sites (tertiary alicyclic amines) is 1. The molecule has 4 nitrogen and oxygen atoms in total. The van der Waals surface area contributed by atoms with Crippen molar-refractivity contribution in [2.24, 2.45) is 5.92 Å². The number of hydrogen-bond acceptors (Lipinski definition) is 4. The van der Waals surface area contributed by atoms with E-state index in [9.17, 15) is 4.79 Å². The molecule has 1 aliphatic heterocycles. The minimum absolute atomic E-state index is 0.296. The first kappa shape index (κ1) is 11.4. The molecule has 4 heteroatoms. The van der Waals surface area contributed by atoms with Gasteiger partial charge in [0, 0.05) is 6.61 Å². The maximum Gasteiger partial charge on any atom is 0.185 e. The summed E-state index contributed by atoms with van der Waals surface area (Å²) in [5, 5.41) is 9.03. The van der Waals surface area contributed by atoms with E-state index in [4.69, 9.17) is 9.52 Å². The number of hydrogen-bond donors (Lipinski definition) is 1. The van der Waals surface area contributed by atoms with Crippen molar-refractivity contribution in [2.45, 2.75) is 19.4 Å². The fourth-order valence-electron chi connectivity index (χ4n) is 2.09. The molecule has 2 rings (SSSR count). The van der Waals surface area contributed by atoms with Gasteiger partial charge in [-0.05, 0) is 44.0 Å². The van der Waals surface area contributed by atoms with Crippen LogP contribution in [0.2, 0.25) is 0 Å². The summed E-state index contributed by atoms with van der Waals surface area (Å²) in [4.78, 5) is 12.7. The van der Waals surface area contributed by atoms with E-state index in [-0.39, 0.29) is 0 Å². The zero-order chi connectivity index (χ0) is 11.4. The van der Waals surface area contributed by atoms with Crippen molar-refractivity contribution < 1.29 is 14.3 Å². The third-order valence-corrected chi connectivity index (χ3v) is 3.14. The molecule has 88 valence electrons. The quantitative estimate of drug-likeness (QED) is 0.782. The van der Waals surface area contributed by atoms with Crippen molar-refractivity contribution in [2.75, 3.05) is 19.7 Å². The molecule has 0 saturated carbocycles. The monoisotopic (exact) mass is 223 g/mol. The molecule has 1 fully saturated rings. The average Bonchev–Trinajstić information content (AvgIpc) is 2.78. The Morgan fingerprint density at radius 3 is 2.75 bits per heavy atom. The first-order valence-electron chi connectivity index (χ1n) is 5.69. The molecule has 0 unspecified atom stereocenters. The summed E-state index contributed by atoms with van der Waals surface area (Å²) >= 11 is 0. The Bertz CT molecular complexity index is 340. The lowest BCUT2D eigenvalue weighted by Crippen LogP contribution is -2.34. The van der Waals surface area contributed by atoms with Gasteiger partial charge < -0.3 is 9.52 Å². The Hall–Kier alpha value is -1.13. The van der Waals surface area contributed by atoms with Crippen LogP contribution in [0.25, 0.3) is 0 Å². The maximum atomic E-state index is 10.5. The number of carbonyl (C=O) groups excluding carboxylic acids is 1. The number of piperidine rings is 1. The number of aliphatic hydroxyl groups is 1. The van der Waals surface area contributed by atoms with Crippen molar-refractivity contribution in [3.63, 3.8) is 0 Å². The van der Waals surface area contributed by atoms with Crippen LogP contribution in [0.5, 0.6) is 0 Å². The Morgan fingerprint density at radius 1 is 1.44 bits per heavy atom. The van der Waals surface area contributed by atoms with Gasteiger partial charge in [0.15, 0.2) is 12.0 Å². The van der Waals surface area contributed by atoms with Crippen molar-refractivity contribution in [1.82, 2.24) is 4.90 Å². The molecule has 16 heavy (non-hydrogen) atoms. The average molecular weight is 223 g/mol. The van der Waals surface area contributed by atoms with E-state index in [1.165, 1.54) is 0 Å². The predicted octanol–water partition coefficient (Wildman–Crippen LogP) is 1.30. The van der Waals surface area contributed by atoms with Gasteiger partial charge in [-0.1, -0.05) is 0 Å². The van der Waals surface area contributed by atoms with Crippen LogP contribution in [0, 0.1) is 5.92 Å². The Balaban J connectivity index is 1.84. The Morgan fingerprint density at radius 2 is 2.19 bits per heavy atom. The summed E-state index contributed by atoms with van der Waals surface area (Å²) in [7, 11) is 0. The SMILES string of the molecule is O=Cc1ccc(CN2CCC(CO)CC2)o1. The maximum absolute atomic E-state index is 10.5. The molecule has 1 aromatic heterocycles. The third-order valence-electron chi connectivity index (χ3n) is 3.14. The van der Waals surface area contributed by atoms with Gasteiger partial charge in [-0.15, -0.1) is 0 Å². The molecule has 0 atom stereocenters. The number of aliphatic hydroxyl groups excluding tert-OH is 1. The number of carbonyl (C=O) groups is 1. The van der Waals surface area contributed by atoms with Crippen molar-refractivity contribution in [3.05, 3.63) is 23.7 Å². The summed E-state index contributed by atoms with van der Waals surface area (Å²) in [5.41, 5.74) is 0. The molecule has 0 radical (unpaired) electrons. The number of nitrogens with zero attached hydrogens (tertiary/aromatic N) is 1. The molecule has 0 spiro atoms. The topological polar surface area (TPSA) is 53.7 Å². The lowest BCUT2D eigenvalue weighted by Gasteiger charge is -2.30. The van der Waals surface area contributed by atoms with Crippen LogP contribution in [0.15, 0.2) is 16.5 Å². The molecule has 0 amide bonds. The predicted molar refractivity (Wildman–Crippen MR) is 59.2 cm³/mol. The lowest BCUT2D eigenvalue weighted by atomic mass is 9.98. The molecule has 0 aromatic carbocycles. The minimum Gasteiger partial charge on any atom is -0.457 e. The molecule has 2 heterocycles. The fraction of sp³-hybridized carbons (Fsp3) is 0.583. The zero-order valence-corrected chi connectivity index (χ0v) is 9.26. The second-order valence-electron chi connectivity index (χ2n) is 4.32. The van der Waals surface area contributed by atoms with E-state index in [0.29, 0.717) is 18.3 Å². The molecule has 1 aromatic rings. The molecular weight excluding hydrogens is 206 g/mol. The normalized spacial score (nSPS) is 18.8. The second kappa shape index (κ2) is 5.27. The van der Waals surface area contributed by atoms with E-state index < -0.39 is 0 Å². The van der Waals surface area contributed by atoms with E-state index in [2.05, 4.69) is 4.90 Å². The summed E-state index contributed by atoms with van der Waals surface area (Å²) in [6.07, 6.45) is 2.80. The van der Waals surface area contributed by atoms with Gasteiger partial charge in [-0.3, -0.25) is 9.69 Å². The third kappa shape index (κ3) is 2.71. The van der Waals surface area contributed by atoms with Crippen molar-refractivity contribution >= 4 is 6.29 Å². The summed E-state index contributed by atoms with van der Waals surface area (Å²) in [6.45, 7) is 3.03. The molecule has 1 N–H and O–H groups in total. The van der Waals surface area contributed by atoms with E-state index in [1.54, 1.807) is 6.07 Å². The molecule has 0 bridgehead atoms. The van der Waals surface area contributed by atoms with Gasteiger partial charge in [0.25, 0.3) is 0 Å². The van der Waals surface area contributed by atoms with Crippen LogP contribution in [0.4, 0.5) is 0 Å².